The lowest BCUT2D eigenvalue weighted by atomic mass is 9.58. The molecule has 2 aromatic rings. The van der Waals surface area contributed by atoms with Crippen LogP contribution in [0.2, 0.25) is 6.32 Å². The van der Waals surface area contributed by atoms with Gasteiger partial charge in [0.15, 0.2) is 0 Å². The molecule has 0 saturated carbocycles. The Morgan fingerprint density at radius 2 is 1.89 bits per heavy atom. The average molecular weight is 503 g/mol. The first kappa shape index (κ1) is 25.7. The highest BCUT2D eigenvalue weighted by Crippen LogP contribution is 2.51. The first-order chi connectivity index (χ1) is 17.9. The second-order valence-electron chi connectivity index (χ2n) is 10.4. The van der Waals surface area contributed by atoms with Gasteiger partial charge in [0.05, 0.1) is 23.6 Å². The van der Waals surface area contributed by atoms with Crippen molar-refractivity contribution >= 4 is 30.7 Å². The number of para-hydroxylation sites is 1. The summed E-state index contributed by atoms with van der Waals surface area (Å²) < 4.78 is 11.7. The van der Waals surface area contributed by atoms with Crippen LogP contribution in [0.5, 0.6) is 0 Å². The van der Waals surface area contributed by atoms with Crippen molar-refractivity contribution in [2.24, 2.45) is 17.8 Å². The molecular weight excluding hydrogens is 469 g/mol. The van der Waals surface area contributed by atoms with E-state index in [1.54, 1.807) is 18.2 Å². The number of rotatable bonds is 8. The normalized spacial score (nSPS) is 26.1. The van der Waals surface area contributed by atoms with E-state index in [9.17, 15) is 19.7 Å². The van der Waals surface area contributed by atoms with Crippen LogP contribution < -0.4 is 4.90 Å². The van der Waals surface area contributed by atoms with Gasteiger partial charge in [-0.1, -0.05) is 42.7 Å². The van der Waals surface area contributed by atoms with Crippen LogP contribution >= 0.6 is 0 Å². The molecule has 3 aliphatic rings. The molecule has 8 heteroatoms. The molecule has 2 saturated heterocycles. The quantitative estimate of drug-likeness (QED) is 0.306. The average Bonchev–Trinajstić information content (AvgIpc) is 3.44. The maximum atomic E-state index is 13.6. The van der Waals surface area contributed by atoms with Crippen LogP contribution in [0.4, 0.5) is 5.69 Å². The predicted octanol–water partition coefficient (Wildman–Crippen LogP) is 4.76. The van der Waals surface area contributed by atoms with Crippen molar-refractivity contribution in [2.75, 3.05) is 4.90 Å². The molecule has 2 N–H and O–H groups in total. The van der Waals surface area contributed by atoms with Crippen LogP contribution in [0.15, 0.2) is 63.6 Å². The molecule has 0 spiro atoms. The predicted molar refractivity (Wildman–Crippen MR) is 141 cm³/mol. The standard InChI is InChI=1S/C29H34BNO6/c1-3-7-19(15-21-11-12-22(17-32)36-21)10-13-25-26-18(2)14-23-27(24(26)16-30(35)37-25)29(34)31(28(23)33)20-8-5-4-6-9-20/h4-6,8-9,11-12,15,23-25,27,32,35H,3,7,10,13-14,16-17H2,1-2H3/b19-15+/t23-,24+,25-,27-/m1/s1. The third-order valence-electron chi connectivity index (χ3n) is 7.95. The summed E-state index contributed by atoms with van der Waals surface area (Å²) in [6, 6.07) is 12.7. The van der Waals surface area contributed by atoms with Gasteiger partial charge in [-0.3, -0.25) is 14.5 Å². The second kappa shape index (κ2) is 10.8. The molecule has 194 valence electrons. The zero-order valence-electron chi connectivity index (χ0n) is 21.4. The van der Waals surface area contributed by atoms with Gasteiger partial charge in [-0.15, -0.1) is 0 Å². The number of hydrogen-bond donors (Lipinski definition) is 2. The van der Waals surface area contributed by atoms with Crippen molar-refractivity contribution < 1.29 is 28.8 Å². The highest BCUT2D eigenvalue weighted by Gasteiger charge is 2.57. The summed E-state index contributed by atoms with van der Waals surface area (Å²) in [7, 11) is -0.977. The number of anilines is 1. The molecular formula is C29H34BNO6. The topological polar surface area (TPSA) is 100 Å². The number of hydrogen-bond acceptors (Lipinski definition) is 6. The molecule has 2 aliphatic heterocycles. The maximum Gasteiger partial charge on any atom is 0.455 e. The number of aliphatic hydroxyl groups excluding tert-OH is 1. The molecule has 1 aromatic carbocycles. The van der Waals surface area contributed by atoms with E-state index in [2.05, 4.69) is 6.92 Å². The Bertz CT molecular complexity index is 1220. The Morgan fingerprint density at radius 1 is 1.11 bits per heavy atom. The fraction of sp³-hybridized carbons (Fsp3) is 0.448. The zero-order valence-corrected chi connectivity index (χ0v) is 21.4. The fourth-order valence-corrected chi connectivity index (χ4v) is 6.42. The van der Waals surface area contributed by atoms with Crippen LogP contribution in [0.3, 0.4) is 0 Å². The SMILES string of the molecule is CCC/C(=C\c1ccc(CO)o1)CC[C@H]1OB(O)C[C@H]2C1=C(C)C[C@H]1C(=O)N(c3ccccc3)C(=O)[C@H]12. The van der Waals surface area contributed by atoms with Crippen LogP contribution in [0.25, 0.3) is 6.08 Å². The summed E-state index contributed by atoms with van der Waals surface area (Å²) in [5.74, 6) is -0.170. The van der Waals surface area contributed by atoms with Gasteiger partial charge in [0.2, 0.25) is 11.8 Å². The largest absolute Gasteiger partial charge is 0.459 e. The van der Waals surface area contributed by atoms with Gasteiger partial charge in [0.1, 0.15) is 18.1 Å². The lowest BCUT2D eigenvalue weighted by Gasteiger charge is -2.42. The van der Waals surface area contributed by atoms with Crippen molar-refractivity contribution in [1.29, 1.82) is 0 Å². The van der Waals surface area contributed by atoms with Crippen molar-refractivity contribution in [3.63, 3.8) is 0 Å². The lowest BCUT2D eigenvalue weighted by Crippen LogP contribution is -2.46. The fourth-order valence-electron chi connectivity index (χ4n) is 6.42. The molecule has 4 atom stereocenters. The first-order valence-electron chi connectivity index (χ1n) is 13.3. The molecule has 37 heavy (non-hydrogen) atoms. The van der Waals surface area contributed by atoms with Gasteiger partial charge in [-0.05, 0) is 80.8 Å². The second-order valence-corrected chi connectivity index (χ2v) is 10.4. The molecule has 1 aliphatic carbocycles. The van der Waals surface area contributed by atoms with E-state index < -0.39 is 19.0 Å². The molecule has 0 radical (unpaired) electrons. The monoisotopic (exact) mass is 503 g/mol. The Kier molecular flexibility index (Phi) is 7.51. The minimum atomic E-state index is -0.977. The van der Waals surface area contributed by atoms with E-state index in [4.69, 9.17) is 9.07 Å². The molecule has 2 fully saturated rings. The number of nitrogens with zero attached hydrogens (tertiary/aromatic N) is 1. The third kappa shape index (κ3) is 4.98. The van der Waals surface area contributed by atoms with Gasteiger partial charge < -0.3 is 19.2 Å². The van der Waals surface area contributed by atoms with Gasteiger partial charge in [-0.25, -0.2) is 0 Å². The highest BCUT2D eigenvalue weighted by atomic mass is 16.5. The van der Waals surface area contributed by atoms with Gasteiger partial charge in [0, 0.05) is 0 Å². The number of amides is 2. The summed E-state index contributed by atoms with van der Waals surface area (Å²) in [5, 5.41) is 20.0. The van der Waals surface area contributed by atoms with Crippen LogP contribution in [-0.4, -0.2) is 35.2 Å². The Labute approximate surface area is 217 Å². The van der Waals surface area contributed by atoms with E-state index in [0.29, 0.717) is 36.4 Å². The Morgan fingerprint density at radius 3 is 2.59 bits per heavy atom. The number of furan rings is 1. The van der Waals surface area contributed by atoms with Crippen molar-refractivity contribution in [1.82, 2.24) is 0 Å². The highest BCUT2D eigenvalue weighted by molar-refractivity contribution is 6.43. The van der Waals surface area contributed by atoms with Crippen molar-refractivity contribution in [2.45, 2.75) is 65.0 Å². The number of fused-ring (bicyclic) bond motifs is 3. The number of aliphatic hydroxyl groups is 1. The molecule has 5 rings (SSSR count). The van der Waals surface area contributed by atoms with Crippen LogP contribution in [-0.2, 0) is 20.9 Å². The number of carbonyl (C=O) groups excluding carboxylic acids is 2. The summed E-state index contributed by atoms with van der Waals surface area (Å²) in [6.45, 7) is 4.03. The number of benzene rings is 1. The van der Waals surface area contributed by atoms with Crippen LogP contribution in [0, 0.1) is 17.8 Å². The Balaban J connectivity index is 1.38. The summed E-state index contributed by atoms with van der Waals surface area (Å²) in [5.41, 5.74) is 3.99. The molecule has 0 unspecified atom stereocenters. The van der Waals surface area contributed by atoms with E-state index in [1.165, 1.54) is 10.5 Å². The zero-order chi connectivity index (χ0) is 26.1. The minimum absolute atomic E-state index is 0.134. The van der Waals surface area contributed by atoms with E-state index in [1.807, 2.05) is 37.3 Å². The van der Waals surface area contributed by atoms with Crippen molar-refractivity contribution in [3.05, 3.63) is 70.7 Å². The summed E-state index contributed by atoms with van der Waals surface area (Å²) in [4.78, 5) is 28.3. The smallest absolute Gasteiger partial charge is 0.455 e. The number of imide groups is 1. The summed E-state index contributed by atoms with van der Waals surface area (Å²) >= 11 is 0. The lowest BCUT2D eigenvalue weighted by molar-refractivity contribution is -0.122. The molecule has 7 nitrogen and oxygen atoms in total. The van der Waals surface area contributed by atoms with Gasteiger partial charge in [0.25, 0.3) is 0 Å². The van der Waals surface area contributed by atoms with Crippen LogP contribution in [0.1, 0.15) is 57.5 Å². The number of carbonyl (C=O) groups is 2. The number of allylic oxidation sites excluding steroid dienone is 2. The summed E-state index contributed by atoms with van der Waals surface area (Å²) in [6.07, 6.45) is 5.86. The van der Waals surface area contributed by atoms with E-state index in [-0.39, 0.29) is 30.4 Å². The molecule has 3 heterocycles. The van der Waals surface area contributed by atoms with E-state index in [0.717, 1.165) is 30.4 Å². The molecule has 0 bridgehead atoms. The van der Waals surface area contributed by atoms with E-state index >= 15 is 0 Å². The first-order valence-corrected chi connectivity index (χ1v) is 13.3. The van der Waals surface area contributed by atoms with Gasteiger partial charge in [-0.2, -0.15) is 0 Å². The van der Waals surface area contributed by atoms with Crippen molar-refractivity contribution in [3.8, 4) is 0 Å². The Hall–Kier alpha value is -2.94. The maximum absolute atomic E-state index is 13.6. The minimum Gasteiger partial charge on any atom is -0.459 e. The third-order valence-corrected chi connectivity index (χ3v) is 7.95. The van der Waals surface area contributed by atoms with Gasteiger partial charge >= 0.3 is 7.12 Å². The molecule has 2 amide bonds. The molecule has 1 aromatic heterocycles.